The van der Waals surface area contributed by atoms with Gasteiger partial charge in [0.1, 0.15) is 17.2 Å². The number of benzene rings is 4. The second kappa shape index (κ2) is 9.41. The predicted molar refractivity (Wildman–Crippen MR) is 135 cm³/mol. The van der Waals surface area contributed by atoms with Gasteiger partial charge in [0.05, 0.1) is 26.7 Å². The van der Waals surface area contributed by atoms with Crippen molar-refractivity contribution in [3.63, 3.8) is 0 Å². The van der Waals surface area contributed by atoms with Gasteiger partial charge >= 0.3 is 0 Å². The molecular formula is C30H30O3. The molecule has 3 heteroatoms. The van der Waals surface area contributed by atoms with Gasteiger partial charge in [-0.1, -0.05) is 80.6 Å². The first-order chi connectivity index (χ1) is 16.2. The summed E-state index contributed by atoms with van der Waals surface area (Å²) in [6.07, 6.45) is 0. The lowest BCUT2D eigenvalue weighted by Crippen LogP contribution is -2.29. The molecule has 0 atom stereocenters. The highest BCUT2D eigenvalue weighted by Crippen LogP contribution is 2.60. The van der Waals surface area contributed by atoms with Gasteiger partial charge in [0.2, 0.25) is 0 Å². The molecular weight excluding hydrogens is 408 g/mol. The third kappa shape index (κ3) is 3.45. The van der Waals surface area contributed by atoms with Crippen LogP contribution in [0.2, 0.25) is 0 Å². The fraction of sp³-hybridized carbons (Fsp3) is 0.200. The lowest BCUT2D eigenvalue weighted by Gasteiger charge is -2.34. The Balaban J connectivity index is 0.00000126. The SMILES string of the molecule is CC.COc1ccc2c(c1)-c1cc(OC)cc(OC)c1C2(c1ccccc1)c1ccccc1. The van der Waals surface area contributed by atoms with Crippen molar-refractivity contribution in [3.05, 3.63) is 113 Å². The highest BCUT2D eigenvalue weighted by Gasteiger charge is 2.48. The molecule has 4 aromatic rings. The summed E-state index contributed by atoms with van der Waals surface area (Å²) in [5.74, 6) is 2.39. The van der Waals surface area contributed by atoms with E-state index in [2.05, 4.69) is 78.9 Å². The van der Waals surface area contributed by atoms with Crippen LogP contribution < -0.4 is 14.2 Å². The van der Waals surface area contributed by atoms with Gasteiger partial charge in [0.25, 0.3) is 0 Å². The maximum Gasteiger partial charge on any atom is 0.127 e. The zero-order valence-electron chi connectivity index (χ0n) is 19.9. The summed E-state index contributed by atoms with van der Waals surface area (Å²) in [4.78, 5) is 0. The largest absolute Gasteiger partial charge is 0.497 e. The molecule has 0 spiro atoms. The zero-order chi connectivity index (χ0) is 23.4. The van der Waals surface area contributed by atoms with Crippen molar-refractivity contribution in [2.75, 3.05) is 21.3 Å². The Bertz CT molecular complexity index is 1190. The average Bonchev–Trinajstić information content (AvgIpc) is 3.20. The van der Waals surface area contributed by atoms with Gasteiger partial charge in [-0.15, -0.1) is 0 Å². The molecule has 0 saturated heterocycles. The molecule has 5 rings (SSSR count). The highest BCUT2D eigenvalue weighted by molar-refractivity contribution is 5.89. The first kappa shape index (κ1) is 22.5. The molecule has 4 aromatic carbocycles. The summed E-state index contributed by atoms with van der Waals surface area (Å²) >= 11 is 0. The van der Waals surface area contributed by atoms with Crippen molar-refractivity contribution in [3.8, 4) is 28.4 Å². The summed E-state index contributed by atoms with van der Waals surface area (Å²) < 4.78 is 17.2. The maximum atomic E-state index is 5.97. The van der Waals surface area contributed by atoms with Gasteiger partial charge in [0, 0.05) is 11.6 Å². The maximum absolute atomic E-state index is 5.97. The smallest absolute Gasteiger partial charge is 0.127 e. The third-order valence-electron chi connectivity index (χ3n) is 6.24. The van der Waals surface area contributed by atoms with Crippen LogP contribution in [0.25, 0.3) is 11.1 Å². The van der Waals surface area contributed by atoms with E-state index in [9.17, 15) is 0 Å². The van der Waals surface area contributed by atoms with Crippen molar-refractivity contribution in [1.29, 1.82) is 0 Å². The normalized spacial score (nSPS) is 12.6. The van der Waals surface area contributed by atoms with Crippen LogP contribution in [0.15, 0.2) is 91.0 Å². The molecule has 0 saturated carbocycles. The molecule has 0 amide bonds. The molecule has 0 aliphatic heterocycles. The fourth-order valence-corrected chi connectivity index (χ4v) is 4.95. The quantitative estimate of drug-likeness (QED) is 0.293. The summed E-state index contributed by atoms with van der Waals surface area (Å²) in [5.41, 5.74) is 6.40. The molecule has 0 fully saturated rings. The number of hydrogen-bond donors (Lipinski definition) is 0. The van der Waals surface area contributed by atoms with Crippen molar-refractivity contribution in [2.24, 2.45) is 0 Å². The van der Waals surface area contributed by atoms with E-state index in [1.807, 2.05) is 26.0 Å². The minimum absolute atomic E-state index is 0.517. The summed E-state index contributed by atoms with van der Waals surface area (Å²) in [7, 11) is 5.11. The molecule has 0 heterocycles. The Labute approximate surface area is 196 Å². The van der Waals surface area contributed by atoms with Crippen LogP contribution in [0.3, 0.4) is 0 Å². The lowest BCUT2D eigenvalue weighted by molar-refractivity contribution is 0.389. The first-order valence-electron chi connectivity index (χ1n) is 11.3. The van der Waals surface area contributed by atoms with Gasteiger partial charge in [-0.25, -0.2) is 0 Å². The van der Waals surface area contributed by atoms with Crippen LogP contribution in [0.1, 0.15) is 36.1 Å². The Kier molecular flexibility index (Phi) is 6.41. The fourth-order valence-electron chi connectivity index (χ4n) is 4.95. The van der Waals surface area contributed by atoms with E-state index in [0.29, 0.717) is 0 Å². The summed E-state index contributed by atoms with van der Waals surface area (Å²) in [5, 5.41) is 0. The number of rotatable bonds is 5. The predicted octanol–water partition coefficient (Wildman–Crippen LogP) is 7.10. The number of methoxy groups -OCH3 is 3. The molecule has 0 N–H and O–H groups in total. The van der Waals surface area contributed by atoms with Crippen molar-refractivity contribution in [2.45, 2.75) is 19.3 Å². The van der Waals surface area contributed by atoms with Crippen LogP contribution in [0.4, 0.5) is 0 Å². The van der Waals surface area contributed by atoms with Gasteiger partial charge < -0.3 is 14.2 Å². The molecule has 168 valence electrons. The van der Waals surface area contributed by atoms with Crippen molar-refractivity contribution < 1.29 is 14.2 Å². The van der Waals surface area contributed by atoms with Crippen LogP contribution >= 0.6 is 0 Å². The molecule has 0 aromatic heterocycles. The number of fused-ring (bicyclic) bond motifs is 3. The Morgan fingerprint density at radius 2 is 1.09 bits per heavy atom. The molecule has 0 unspecified atom stereocenters. The third-order valence-corrected chi connectivity index (χ3v) is 6.24. The molecule has 1 aliphatic carbocycles. The lowest BCUT2D eigenvalue weighted by atomic mass is 9.67. The number of ether oxygens (including phenoxy) is 3. The van der Waals surface area contributed by atoms with E-state index in [4.69, 9.17) is 14.2 Å². The van der Waals surface area contributed by atoms with Crippen LogP contribution in [-0.4, -0.2) is 21.3 Å². The Morgan fingerprint density at radius 1 is 0.545 bits per heavy atom. The highest BCUT2D eigenvalue weighted by atomic mass is 16.5. The molecule has 3 nitrogen and oxygen atoms in total. The van der Waals surface area contributed by atoms with Crippen LogP contribution in [0.5, 0.6) is 17.2 Å². The standard InChI is InChI=1S/C28H24O3.C2H6/c1-29-21-14-15-25-23(16-21)24-17-22(30-2)18-26(31-3)27(24)28(25,19-10-6-4-7-11-19)20-12-8-5-9-13-20;1-2/h4-18H,1-3H3;1-2H3. The van der Waals surface area contributed by atoms with Crippen molar-refractivity contribution >= 4 is 0 Å². The summed E-state index contributed by atoms with van der Waals surface area (Å²) in [6.45, 7) is 4.00. The van der Waals surface area contributed by atoms with E-state index in [0.717, 1.165) is 33.9 Å². The average molecular weight is 439 g/mol. The van der Waals surface area contributed by atoms with Crippen LogP contribution in [0, 0.1) is 0 Å². The second-order valence-corrected chi connectivity index (χ2v) is 7.65. The topological polar surface area (TPSA) is 27.7 Å². The second-order valence-electron chi connectivity index (χ2n) is 7.65. The first-order valence-corrected chi connectivity index (χ1v) is 11.3. The Hall–Kier alpha value is -3.72. The van der Waals surface area contributed by atoms with E-state index < -0.39 is 5.41 Å². The van der Waals surface area contributed by atoms with E-state index in [-0.39, 0.29) is 0 Å². The molecule has 1 aliphatic rings. The van der Waals surface area contributed by atoms with E-state index >= 15 is 0 Å². The monoisotopic (exact) mass is 438 g/mol. The van der Waals surface area contributed by atoms with Gasteiger partial charge in [-0.05, 0) is 46.0 Å². The van der Waals surface area contributed by atoms with Gasteiger partial charge in [-0.3, -0.25) is 0 Å². The molecule has 0 bridgehead atoms. The molecule has 0 radical (unpaired) electrons. The van der Waals surface area contributed by atoms with E-state index in [1.54, 1.807) is 21.3 Å². The minimum atomic E-state index is -0.517. The summed E-state index contributed by atoms with van der Waals surface area (Å²) in [6, 6.07) is 31.7. The van der Waals surface area contributed by atoms with Gasteiger partial charge in [-0.2, -0.15) is 0 Å². The van der Waals surface area contributed by atoms with Crippen molar-refractivity contribution in [1.82, 2.24) is 0 Å². The molecule has 33 heavy (non-hydrogen) atoms. The van der Waals surface area contributed by atoms with Gasteiger partial charge in [0.15, 0.2) is 0 Å². The minimum Gasteiger partial charge on any atom is -0.497 e. The van der Waals surface area contributed by atoms with Crippen LogP contribution in [-0.2, 0) is 5.41 Å². The Morgan fingerprint density at radius 3 is 1.61 bits per heavy atom. The van der Waals surface area contributed by atoms with E-state index in [1.165, 1.54) is 16.7 Å². The zero-order valence-corrected chi connectivity index (χ0v) is 19.9. The number of hydrogen-bond acceptors (Lipinski definition) is 3.